The maximum Gasteiger partial charge on any atom is 0.289 e. The maximum atomic E-state index is 12.4. The molecule has 2 aromatic carbocycles. The van der Waals surface area contributed by atoms with E-state index in [2.05, 4.69) is 48.0 Å². The van der Waals surface area contributed by atoms with Crippen LogP contribution >= 0.6 is 11.8 Å². The summed E-state index contributed by atoms with van der Waals surface area (Å²) in [6.45, 7) is 2.93. The molecule has 1 aliphatic heterocycles. The Morgan fingerprint density at radius 3 is 2.38 bits per heavy atom. The molecule has 1 aliphatic rings. The van der Waals surface area contributed by atoms with Crippen molar-refractivity contribution >= 4 is 33.8 Å². The first-order valence-corrected chi connectivity index (χ1v) is 9.60. The summed E-state index contributed by atoms with van der Waals surface area (Å²) < 4.78 is 2.19. The van der Waals surface area contributed by atoms with Crippen LogP contribution in [0.3, 0.4) is 0 Å². The number of fused-ring (bicyclic) bond motifs is 1. The van der Waals surface area contributed by atoms with Gasteiger partial charge in [0.1, 0.15) is 5.25 Å². The molecule has 2 heterocycles. The normalized spacial score (nSPS) is 17.5. The smallest absolute Gasteiger partial charge is 0.289 e. The number of hydrogen-bond donors (Lipinski definition) is 0. The van der Waals surface area contributed by atoms with Crippen LogP contribution in [0.5, 0.6) is 0 Å². The Bertz CT molecular complexity index is 991. The van der Waals surface area contributed by atoms with Crippen LogP contribution in [0.15, 0.2) is 54.7 Å². The molecule has 0 radical (unpaired) electrons. The molecule has 1 atom stereocenters. The van der Waals surface area contributed by atoms with Crippen molar-refractivity contribution in [1.29, 1.82) is 0 Å². The van der Waals surface area contributed by atoms with E-state index in [1.54, 1.807) is 7.05 Å². The summed E-state index contributed by atoms with van der Waals surface area (Å²) in [5, 5.41) is 0.398. The molecule has 1 aromatic heterocycles. The summed E-state index contributed by atoms with van der Waals surface area (Å²) in [6.07, 6.45) is 3.09. The highest BCUT2D eigenvalue weighted by atomic mass is 32.2. The SMILES string of the molecule is CCc1ccc(Cn2ccc3c(C4SC(=O)N(C)C4=O)cccc32)cc1. The molecule has 1 unspecified atom stereocenters. The van der Waals surface area contributed by atoms with Crippen molar-refractivity contribution in [2.24, 2.45) is 0 Å². The first-order chi connectivity index (χ1) is 12.6. The second-order valence-corrected chi connectivity index (χ2v) is 7.61. The molecule has 0 N–H and O–H groups in total. The van der Waals surface area contributed by atoms with Crippen LogP contribution < -0.4 is 0 Å². The number of imide groups is 1. The van der Waals surface area contributed by atoms with Gasteiger partial charge in [0.25, 0.3) is 5.24 Å². The van der Waals surface area contributed by atoms with Crippen molar-refractivity contribution in [2.75, 3.05) is 7.05 Å². The highest BCUT2D eigenvalue weighted by molar-refractivity contribution is 8.15. The van der Waals surface area contributed by atoms with E-state index in [4.69, 9.17) is 0 Å². The largest absolute Gasteiger partial charge is 0.343 e. The van der Waals surface area contributed by atoms with Crippen LogP contribution in [0.2, 0.25) is 0 Å². The molecule has 1 fully saturated rings. The number of benzene rings is 2. The van der Waals surface area contributed by atoms with Gasteiger partial charge in [-0.25, -0.2) is 0 Å². The average Bonchev–Trinajstić information content (AvgIpc) is 3.19. The first kappa shape index (κ1) is 16.9. The van der Waals surface area contributed by atoms with Gasteiger partial charge in [-0.1, -0.05) is 43.3 Å². The summed E-state index contributed by atoms with van der Waals surface area (Å²) in [5.41, 5.74) is 4.57. The predicted molar refractivity (Wildman–Crippen MR) is 105 cm³/mol. The summed E-state index contributed by atoms with van der Waals surface area (Å²) in [7, 11) is 1.54. The molecular formula is C21H20N2O2S. The lowest BCUT2D eigenvalue weighted by molar-refractivity contribution is -0.125. The number of amides is 2. The molecule has 4 nitrogen and oxygen atoms in total. The molecule has 4 rings (SSSR count). The van der Waals surface area contributed by atoms with E-state index in [-0.39, 0.29) is 11.1 Å². The molecule has 26 heavy (non-hydrogen) atoms. The van der Waals surface area contributed by atoms with Crippen molar-refractivity contribution in [3.63, 3.8) is 0 Å². The molecule has 0 aliphatic carbocycles. The van der Waals surface area contributed by atoms with E-state index in [9.17, 15) is 9.59 Å². The zero-order valence-electron chi connectivity index (χ0n) is 14.8. The fourth-order valence-electron chi connectivity index (χ4n) is 3.38. The van der Waals surface area contributed by atoms with Crippen LogP contribution in [-0.4, -0.2) is 27.7 Å². The van der Waals surface area contributed by atoms with E-state index in [1.807, 2.05) is 18.2 Å². The van der Waals surface area contributed by atoms with Gasteiger partial charge < -0.3 is 4.57 Å². The van der Waals surface area contributed by atoms with Crippen molar-refractivity contribution in [1.82, 2.24) is 9.47 Å². The number of aromatic nitrogens is 1. The van der Waals surface area contributed by atoms with Crippen LogP contribution in [-0.2, 0) is 17.8 Å². The lowest BCUT2D eigenvalue weighted by Gasteiger charge is -2.11. The minimum Gasteiger partial charge on any atom is -0.343 e. The van der Waals surface area contributed by atoms with Gasteiger partial charge in [-0.15, -0.1) is 0 Å². The molecule has 132 valence electrons. The highest BCUT2D eigenvalue weighted by Gasteiger charge is 2.38. The van der Waals surface area contributed by atoms with E-state index in [0.29, 0.717) is 0 Å². The number of hydrogen-bond acceptors (Lipinski definition) is 3. The maximum absolute atomic E-state index is 12.4. The third-order valence-electron chi connectivity index (χ3n) is 4.96. The highest BCUT2D eigenvalue weighted by Crippen LogP contribution is 2.41. The average molecular weight is 364 g/mol. The number of carbonyl (C=O) groups excluding carboxylic acids is 2. The molecule has 2 amide bonds. The standard InChI is InChI=1S/C21H20N2O2S/c1-3-14-7-9-15(10-8-14)13-23-12-11-16-17(5-4-6-18(16)23)19-20(24)22(2)21(25)26-19/h4-12,19H,3,13H2,1-2H3. The van der Waals surface area contributed by atoms with E-state index < -0.39 is 5.25 Å². The third-order valence-corrected chi connectivity index (χ3v) is 6.13. The summed E-state index contributed by atoms with van der Waals surface area (Å²) >= 11 is 1.10. The monoisotopic (exact) mass is 364 g/mol. The summed E-state index contributed by atoms with van der Waals surface area (Å²) in [5.74, 6) is -0.143. The zero-order chi connectivity index (χ0) is 18.3. The van der Waals surface area contributed by atoms with E-state index in [0.717, 1.165) is 41.2 Å². The Balaban J connectivity index is 1.69. The predicted octanol–water partition coefficient (Wildman–Crippen LogP) is 4.62. The Kier molecular flexibility index (Phi) is 4.32. The van der Waals surface area contributed by atoms with Gasteiger partial charge in [-0.2, -0.15) is 0 Å². The van der Waals surface area contributed by atoms with Crippen molar-refractivity contribution < 1.29 is 9.59 Å². The van der Waals surface area contributed by atoms with Gasteiger partial charge in [0.2, 0.25) is 5.91 Å². The van der Waals surface area contributed by atoms with Crippen molar-refractivity contribution in [3.8, 4) is 0 Å². The minimum atomic E-state index is -0.448. The van der Waals surface area contributed by atoms with Gasteiger partial charge in [-0.05, 0) is 47.0 Å². The van der Waals surface area contributed by atoms with Crippen molar-refractivity contribution in [3.05, 3.63) is 71.4 Å². The fourth-order valence-corrected chi connectivity index (χ4v) is 4.42. The Morgan fingerprint density at radius 1 is 1.00 bits per heavy atom. The molecule has 0 spiro atoms. The van der Waals surface area contributed by atoms with Gasteiger partial charge in [0, 0.05) is 30.7 Å². The zero-order valence-corrected chi connectivity index (χ0v) is 15.6. The van der Waals surface area contributed by atoms with Gasteiger partial charge in [-0.3, -0.25) is 14.5 Å². The minimum absolute atomic E-state index is 0.143. The molecular weight excluding hydrogens is 344 g/mol. The molecule has 3 aromatic rings. The molecule has 5 heteroatoms. The molecule has 0 saturated carbocycles. The van der Waals surface area contributed by atoms with Gasteiger partial charge in [0.05, 0.1) is 0 Å². The second kappa shape index (κ2) is 6.65. The van der Waals surface area contributed by atoms with E-state index in [1.165, 1.54) is 16.0 Å². The van der Waals surface area contributed by atoms with E-state index >= 15 is 0 Å². The lowest BCUT2D eigenvalue weighted by Crippen LogP contribution is -2.24. The molecule has 1 saturated heterocycles. The topological polar surface area (TPSA) is 42.3 Å². The quantitative estimate of drug-likeness (QED) is 0.678. The Labute approximate surface area is 156 Å². The second-order valence-electron chi connectivity index (χ2n) is 6.55. The number of aryl methyl sites for hydroxylation is 1. The Hall–Kier alpha value is -2.53. The summed E-state index contributed by atoms with van der Waals surface area (Å²) in [6, 6.07) is 16.7. The van der Waals surface area contributed by atoms with Crippen LogP contribution in [0.1, 0.15) is 28.9 Å². The summed E-state index contributed by atoms with van der Waals surface area (Å²) in [4.78, 5) is 25.5. The third kappa shape index (κ3) is 2.82. The Morgan fingerprint density at radius 2 is 1.73 bits per heavy atom. The number of carbonyl (C=O) groups is 2. The van der Waals surface area contributed by atoms with Crippen molar-refractivity contribution in [2.45, 2.75) is 25.1 Å². The fraction of sp³-hybridized carbons (Fsp3) is 0.238. The first-order valence-electron chi connectivity index (χ1n) is 8.72. The number of thioether (sulfide) groups is 1. The van der Waals surface area contributed by atoms with Gasteiger partial charge >= 0.3 is 0 Å². The number of likely N-dealkylation sites (N-methyl/N-ethyl adjacent to an activating group) is 1. The lowest BCUT2D eigenvalue weighted by atomic mass is 10.1. The number of rotatable bonds is 4. The van der Waals surface area contributed by atoms with Crippen LogP contribution in [0.25, 0.3) is 10.9 Å². The number of nitrogens with zero attached hydrogens (tertiary/aromatic N) is 2. The van der Waals surface area contributed by atoms with Crippen LogP contribution in [0, 0.1) is 0 Å². The van der Waals surface area contributed by atoms with Crippen LogP contribution in [0.4, 0.5) is 4.79 Å². The molecule has 0 bridgehead atoms. The van der Waals surface area contributed by atoms with Gasteiger partial charge in [0.15, 0.2) is 0 Å².